The van der Waals surface area contributed by atoms with E-state index in [0.717, 1.165) is 16.5 Å². The minimum absolute atomic E-state index is 0.405. The van der Waals surface area contributed by atoms with Gasteiger partial charge in [-0.3, -0.25) is 0 Å². The maximum Gasteiger partial charge on any atom is 0.333 e. The van der Waals surface area contributed by atoms with Crippen LogP contribution in [-0.2, 0) is 16.0 Å². The van der Waals surface area contributed by atoms with Crippen LogP contribution in [0.25, 0.3) is 0 Å². The molecule has 0 spiro atoms. The Balaban J connectivity index is 2.60. The van der Waals surface area contributed by atoms with E-state index >= 15 is 0 Å². The van der Waals surface area contributed by atoms with Crippen molar-refractivity contribution >= 4 is 21.9 Å². The SMILES string of the molecule is CCCOC(Cc1ccc(Br)cc1)C(=O)O. The Morgan fingerprint density at radius 2 is 2.06 bits per heavy atom. The topological polar surface area (TPSA) is 46.5 Å². The molecule has 4 heteroatoms. The van der Waals surface area contributed by atoms with Crippen molar-refractivity contribution in [3.63, 3.8) is 0 Å². The van der Waals surface area contributed by atoms with Gasteiger partial charge in [0, 0.05) is 17.5 Å². The van der Waals surface area contributed by atoms with Crippen molar-refractivity contribution in [1.29, 1.82) is 0 Å². The summed E-state index contributed by atoms with van der Waals surface area (Å²) in [6, 6.07) is 7.59. The van der Waals surface area contributed by atoms with Gasteiger partial charge in [-0.25, -0.2) is 4.79 Å². The van der Waals surface area contributed by atoms with E-state index in [4.69, 9.17) is 9.84 Å². The van der Waals surface area contributed by atoms with E-state index in [2.05, 4.69) is 15.9 Å². The molecule has 0 aliphatic rings. The number of hydrogen-bond donors (Lipinski definition) is 1. The summed E-state index contributed by atoms with van der Waals surface area (Å²) < 4.78 is 6.26. The lowest BCUT2D eigenvalue weighted by molar-refractivity contribution is -0.150. The van der Waals surface area contributed by atoms with Crippen LogP contribution < -0.4 is 0 Å². The third-order valence-corrected chi connectivity index (χ3v) is 2.66. The molecule has 0 radical (unpaired) electrons. The van der Waals surface area contributed by atoms with Gasteiger partial charge >= 0.3 is 5.97 Å². The maximum absolute atomic E-state index is 10.9. The molecular formula is C12H15BrO3. The van der Waals surface area contributed by atoms with Crippen molar-refractivity contribution in [2.75, 3.05) is 6.61 Å². The summed E-state index contributed by atoms with van der Waals surface area (Å²) in [7, 11) is 0. The number of hydrogen-bond acceptors (Lipinski definition) is 2. The van der Waals surface area contributed by atoms with Gasteiger partial charge in [0.15, 0.2) is 6.10 Å². The molecule has 0 saturated carbocycles. The highest BCUT2D eigenvalue weighted by Gasteiger charge is 2.17. The van der Waals surface area contributed by atoms with Crippen LogP contribution >= 0.6 is 15.9 Å². The molecule has 0 saturated heterocycles. The first-order valence-electron chi connectivity index (χ1n) is 5.22. The van der Waals surface area contributed by atoms with Gasteiger partial charge in [0.1, 0.15) is 0 Å². The third-order valence-electron chi connectivity index (χ3n) is 2.13. The Hall–Kier alpha value is -0.870. The molecule has 1 N–H and O–H groups in total. The van der Waals surface area contributed by atoms with Crippen LogP contribution in [0.2, 0.25) is 0 Å². The molecule has 3 nitrogen and oxygen atoms in total. The molecule has 0 heterocycles. The van der Waals surface area contributed by atoms with Gasteiger partial charge in [-0.15, -0.1) is 0 Å². The lowest BCUT2D eigenvalue weighted by Gasteiger charge is -2.13. The van der Waals surface area contributed by atoms with Crippen LogP contribution in [0.1, 0.15) is 18.9 Å². The zero-order valence-electron chi connectivity index (χ0n) is 9.15. The number of rotatable bonds is 6. The van der Waals surface area contributed by atoms with E-state index < -0.39 is 12.1 Å². The van der Waals surface area contributed by atoms with Crippen LogP contribution in [-0.4, -0.2) is 23.8 Å². The summed E-state index contributed by atoms with van der Waals surface area (Å²) in [5.41, 5.74) is 0.965. The second kappa shape index (κ2) is 6.66. The average Bonchev–Trinajstić information content (AvgIpc) is 2.26. The van der Waals surface area contributed by atoms with Crippen molar-refractivity contribution < 1.29 is 14.6 Å². The number of carboxylic acid groups (broad SMARTS) is 1. The van der Waals surface area contributed by atoms with E-state index in [1.165, 1.54) is 0 Å². The number of aliphatic carboxylic acids is 1. The largest absolute Gasteiger partial charge is 0.479 e. The fraction of sp³-hybridized carbons (Fsp3) is 0.417. The molecule has 88 valence electrons. The minimum Gasteiger partial charge on any atom is -0.479 e. The molecule has 0 aliphatic heterocycles. The minimum atomic E-state index is -0.906. The highest BCUT2D eigenvalue weighted by molar-refractivity contribution is 9.10. The Kier molecular flexibility index (Phi) is 5.49. The summed E-state index contributed by atoms with van der Waals surface area (Å²) in [4.78, 5) is 10.9. The molecule has 0 bridgehead atoms. The predicted octanol–water partition coefficient (Wildman–Crippen LogP) is 2.87. The number of benzene rings is 1. The van der Waals surface area contributed by atoms with E-state index in [1.54, 1.807) is 0 Å². The van der Waals surface area contributed by atoms with Gasteiger partial charge in [-0.05, 0) is 24.1 Å². The molecule has 1 rings (SSSR count). The quantitative estimate of drug-likeness (QED) is 0.875. The summed E-state index contributed by atoms with van der Waals surface area (Å²) in [6.07, 6.45) is 0.480. The molecule has 16 heavy (non-hydrogen) atoms. The standard InChI is InChI=1S/C12H15BrO3/c1-2-7-16-11(12(14)15)8-9-3-5-10(13)6-4-9/h3-6,11H,2,7-8H2,1H3,(H,14,15). The van der Waals surface area contributed by atoms with Crippen molar-refractivity contribution in [2.24, 2.45) is 0 Å². The fourth-order valence-corrected chi connectivity index (χ4v) is 1.58. The fourth-order valence-electron chi connectivity index (χ4n) is 1.31. The number of carbonyl (C=O) groups is 1. The first kappa shape index (κ1) is 13.2. The van der Waals surface area contributed by atoms with Gasteiger partial charge in [0.2, 0.25) is 0 Å². The smallest absolute Gasteiger partial charge is 0.333 e. The number of halogens is 1. The first-order valence-corrected chi connectivity index (χ1v) is 6.01. The molecule has 0 amide bonds. The van der Waals surface area contributed by atoms with Gasteiger partial charge in [-0.1, -0.05) is 35.0 Å². The van der Waals surface area contributed by atoms with Crippen molar-refractivity contribution in [1.82, 2.24) is 0 Å². The zero-order valence-corrected chi connectivity index (χ0v) is 10.7. The highest BCUT2D eigenvalue weighted by atomic mass is 79.9. The third kappa shape index (κ3) is 4.33. The van der Waals surface area contributed by atoms with E-state index in [-0.39, 0.29) is 0 Å². The zero-order chi connectivity index (χ0) is 12.0. The second-order valence-corrected chi connectivity index (χ2v) is 4.44. The molecule has 0 aromatic heterocycles. The Bertz CT molecular complexity index is 335. The highest BCUT2D eigenvalue weighted by Crippen LogP contribution is 2.13. The van der Waals surface area contributed by atoms with E-state index in [1.807, 2.05) is 31.2 Å². The molecule has 0 fully saturated rings. The van der Waals surface area contributed by atoms with Gasteiger partial charge in [0.25, 0.3) is 0 Å². The Morgan fingerprint density at radius 1 is 1.44 bits per heavy atom. The molecule has 0 aliphatic carbocycles. The van der Waals surface area contributed by atoms with Crippen LogP contribution in [0.3, 0.4) is 0 Å². The summed E-state index contributed by atoms with van der Waals surface area (Å²) >= 11 is 3.33. The van der Waals surface area contributed by atoms with Crippen LogP contribution in [0.5, 0.6) is 0 Å². The Labute approximate surface area is 104 Å². The molecule has 1 aromatic carbocycles. The van der Waals surface area contributed by atoms with Crippen LogP contribution in [0.4, 0.5) is 0 Å². The van der Waals surface area contributed by atoms with Gasteiger partial charge < -0.3 is 9.84 Å². The van der Waals surface area contributed by atoms with Crippen LogP contribution in [0, 0.1) is 0 Å². The predicted molar refractivity (Wildman–Crippen MR) is 65.5 cm³/mol. The molecule has 1 aromatic rings. The second-order valence-electron chi connectivity index (χ2n) is 3.53. The summed E-state index contributed by atoms with van der Waals surface area (Å²) in [5, 5.41) is 8.98. The normalized spacial score (nSPS) is 12.4. The maximum atomic E-state index is 10.9. The monoisotopic (exact) mass is 286 g/mol. The lowest BCUT2D eigenvalue weighted by atomic mass is 10.1. The van der Waals surface area contributed by atoms with Crippen LogP contribution in [0.15, 0.2) is 28.7 Å². The lowest BCUT2D eigenvalue weighted by Crippen LogP contribution is -2.26. The van der Waals surface area contributed by atoms with Crippen molar-refractivity contribution in [3.8, 4) is 0 Å². The summed E-state index contributed by atoms with van der Waals surface area (Å²) in [6.45, 7) is 2.44. The molecule has 1 atom stereocenters. The van der Waals surface area contributed by atoms with E-state index in [0.29, 0.717) is 13.0 Å². The number of ether oxygens (including phenoxy) is 1. The van der Waals surface area contributed by atoms with Crippen molar-refractivity contribution in [2.45, 2.75) is 25.9 Å². The van der Waals surface area contributed by atoms with Gasteiger partial charge in [0.05, 0.1) is 0 Å². The van der Waals surface area contributed by atoms with E-state index in [9.17, 15) is 4.79 Å². The van der Waals surface area contributed by atoms with Gasteiger partial charge in [-0.2, -0.15) is 0 Å². The van der Waals surface area contributed by atoms with Crippen molar-refractivity contribution in [3.05, 3.63) is 34.3 Å². The summed E-state index contributed by atoms with van der Waals surface area (Å²) in [5.74, 6) is -0.906. The average molecular weight is 287 g/mol. The Morgan fingerprint density at radius 3 is 2.56 bits per heavy atom. The number of carboxylic acids is 1. The molecule has 1 unspecified atom stereocenters. The first-order chi connectivity index (χ1) is 7.63. The molecular weight excluding hydrogens is 272 g/mol.